The van der Waals surface area contributed by atoms with E-state index in [1.54, 1.807) is 30.2 Å². The van der Waals surface area contributed by atoms with Gasteiger partial charge in [-0.3, -0.25) is 4.79 Å². The smallest absolute Gasteiger partial charge is 0.222 e. The third kappa shape index (κ3) is 3.04. The lowest BCUT2D eigenvalue weighted by molar-refractivity contribution is -0.138. The molecule has 0 bridgehead atoms. The first kappa shape index (κ1) is 18.9. The lowest BCUT2D eigenvalue weighted by Gasteiger charge is -2.50. The molecular weight excluding hydrogens is 400 g/mol. The van der Waals surface area contributed by atoms with Crippen molar-refractivity contribution in [2.24, 2.45) is 0 Å². The molecular formula is C23H24N2O2S2. The maximum atomic E-state index is 12.2. The lowest BCUT2D eigenvalue weighted by atomic mass is 9.63. The Bertz CT molecular complexity index is 1110. The summed E-state index contributed by atoms with van der Waals surface area (Å²) in [7, 11) is 3.66. The minimum absolute atomic E-state index is 0.0582. The van der Waals surface area contributed by atoms with Gasteiger partial charge in [0.15, 0.2) is 4.34 Å². The fraction of sp³-hybridized carbons (Fsp3) is 0.391. The van der Waals surface area contributed by atoms with Crippen molar-refractivity contribution in [3.05, 3.63) is 47.5 Å². The van der Waals surface area contributed by atoms with Gasteiger partial charge in [-0.05, 0) is 54.7 Å². The van der Waals surface area contributed by atoms with Gasteiger partial charge in [0.1, 0.15) is 11.3 Å². The Morgan fingerprint density at radius 1 is 1.28 bits per heavy atom. The summed E-state index contributed by atoms with van der Waals surface area (Å²) in [5.74, 6) is 1.11. The highest BCUT2D eigenvalue weighted by Crippen LogP contribution is 2.47. The summed E-state index contributed by atoms with van der Waals surface area (Å²) >= 11 is 3.43. The number of amides is 1. The molecule has 2 aliphatic rings. The predicted octanol–water partition coefficient (Wildman–Crippen LogP) is 5.28. The van der Waals surface area contributed by atoms with Crippen molar-refractivity contribution >= 4 is 39.2 Å². The number of methoxy groups -OCH3 is 1. The van der Waals surface area contributed by atoms with E-state index in [0.29, 0.717) is 12.5 Å². The quantitative estimate of drug-likeness (QED) is 0.574. The van der Waals surface area contributed by atoms with Crippen molar-refractivity contribution in [1.82, 2.24) is 9.88 Å². The molecule has 1 amide bonds. The second-order valence-corrected chi connectivity index (χ2v) is 10.5. The zero-order chi connectivity index (χ0) is 20.2. The molecule has 2 aromatic carbocycles. The molecule has 0 N–H and O–H groups in total. The van der Waals surface area contributed by atoms with Gasteiger partial charge in [0.05, 0.1) is 11.8 Å². The van der Waals surface area contributed by atoms with Crippen molar-refractivity contribution < 1.29 is 9.53 Å². The molecule has 2 atom stereocenters. The van der Waals surface area contributed by atoms with Crippen LogP contribution in [0, 0.1) is 0 Å². The number of para-hydroxylation sites is 1. The molecule has 0 spiro atoms. The number of rotatable bonds is 3. The maximum Gasteiger partial charge on any atom is 0.222 e. The second kappa shape index (κ2) is 7.03. The van der Waals surface area contributed by atoms with E-state index in [4.69, 9.17) is 9.72 Å². The van der Waals surface area contributed by atoms with Crippen LogP contribution in [-0.4, -0.2) is 36.0 Å². The summed E-state index contributed by atoms with van der Waals surface area (Å²) in [6.45, 7) is 2.34. The molecule has 1 fully saturated rings. The average Bonchev–Trinajstić information content (AvgIpc) is 3.13. The summed E-state index contributed by atoms with van der Waals surface area (Å²) in [5.41, 5.74) is 3.84. The molecule has 150 valence electrons. The summed E-state index contributed by atoms with van der Waals surface area (Å²) in [4.78, 5) is 20.2. The van der Waals surface area contributed by atoms with E-state index in [0.717, 1.165) is 39.6 Å². The minimum atomic E-state index is 0.0582. The van der Waals surface area contributed by atoms with Gasteiger partial charge in [-0.25, -0.2) is 4.98 Å². The molecule has 29 heavy (non-hydrogen) atoms. The van der Waals surface area contributed by atoms with Gasteiger partial charge in [0, 0.05) is 29.8 Å². The summed E-state index contributed by atoms with van der Waals surface area (Å²) in [6.07, 6.45) is 3.65. The Morgan fingerprint density at radius 3 is 2.97 bits per heavy atom. The zero-order valence-corrected chi connectivity index (χ0v) is 18.5. The zero-order valence-electron chi connectivity index (χ0n) is 16.9. The molecule has 6 heteroatoms. The van der Waals surface area contributed by atoms with Crippen LogP contribution in [0.1, 0.15) is 37.3 Å². The number of hydrogen-bond donors (Lipinski definition) is 0. The number of likely N-dealkylation sites (N-methyl/N-ethyl adjacent to an activating group) is 1. The van der Waals surface area contributed by atoms with E-state index in [2.05, 4.69) is 31.2 Å². The third-order valence-corrected chi connectivity index (χ3v) is 8.69. The number of hydrogen-bond acceptors (Lipinski definition) is 5. The number of thiazole rings is 1. The number of carbonyl (C=O) groups excluding carboxylic acids is 1. The molecule has 1 aliphatic heterocycles. The SMILES string of the molecule is COc1cccc2sc(Sc3ccc4c(c3)CC[C@H]3N(C)C(=O)CC[C@]43C)nc12. The van der Waals surface area contributed by atoms with Gasteiger partial charge < -0.3 is 9.64 Å². The van der Waals surface area contributed by atoms with Crippen LogP contribution in [0.4, 0.5) is 0 Å². The normalized spacial score (nSPS) is 23.8. The maximum absolute atomic E-state index is 12.2. The Hall–Kier alpha value is -2.05. The van der Waals surface area contributed by atoms with Crippen LogP contribution in [0.15, 0.2) is 45.6 Å². The standard InChI is InChI=1S/C23H24N2O2S2/c1-23-12-11-20(26)25(2)19(23)10-7-14-13-15(8-9-16(14)23)28-22-24-21-17(27-3)5-4-6-18(21)29-22/h4-6,8-9,13,19H,7,10-12H2,1-3H3/t19-,23-/m1/s1. The predicted molar refractivity (Wildman–Crippen MR) is 118 cm³/mol. The highest BCUT2D eigenvalue weighted by molar-refractivity contribution is 8.01. The van der Waals surface area contributed by atoms with Crippen molar-refractivity contribution in [3.8, 4) is 5.75 Å². The first-order valence-electron chi connectivity index (χ1n) is 10.00. The topological polar surface area (TPSA) is 42.4 Å². The molecule has 0 unspecified atom stereocenters. The fourth-order valence-corrected chi connectivity index (χ4v) is 7.15. The van der Waals surface area contributed by atoms with Gasteiger partial charge in [0.2, 0.25) is 5.91 Å². The largest absolute Gasteiger partial charge is 0.494 e. The van der Waals surface area contributed by atoms with Crippen LogP contribution in [0.2, 0.25) is 0 Å². The molecule has 1 aliphatic carbocycles. The van der Waals surface area contributed by atoms with E-state index in [1.807, 2.05) is 24.1 Å². The van der Waals surface area contributed by atoms with Crippen molar-refractivity contribution in [2.45, 2.75) is 53.3 Å². The van der Waals surface area contributed by atoms with Crippen LogP contribution in [0.25, 0.3) is 10.2 Å². The number of likely N-dealkylation sites (tertiary alicyclic amines) is 1. The van der Waals surface area contributed by atoms with E-state index >= 15 is 0 Å². The molecule has 0 radical (unpaired) electrons. The molecule has 4 nitrogen and oxygen atoms in total. The van der Waals surface area contributed by atoms with Crippen LogP contribution in [-0.2, 0) is 16.6 Å². The fourth-order valence-electron chi connectivity index (χ4n) is 5.04. The first-order chi connectivity index (χ1) is 14.0. The monoisotopic (exact) mass is 424 g/mol. The first-order valence-corrected chi connectivity index (χ1v) is 11.6. The summed E-state index contributed by atoms with van der Waals surface area (Å²) < 4.78 is 7.63. The second-order valence-electron chi connectivity index (χ2n) is 8.18. The van der Waals surface area contributed by atoms with Gasteiger partial charge in [-0.1, -0.05) is 30.8 Å². The van der Waals surface area contributed by atoms with Crippen molar-refractivity contribution in [3.63, 3.8) is 0 Å². The Kier molecular flexibility index (Phi) is 4.59. The lowest BCUT2D eigenvalue weighted by Crippen LogP contribution is -2.56. The van der Waals surface area contributed by atoms with Gasteiger partial charge in [-0.15, -0.1) is 11.3 Å². The highest BCUT2D eigenvalue weighted by atomic mass is 32.2. The van der Waals surface area contributed by atoms with E-state index in [-0.39, 0.29) is 11.3 Å². The Labute approximate surface area is 179 Å². The van der Waals surface area contributed by atoms with Gasteiger partial charge >= 0.3 is 0 Å². The van der Waals surface area contributed by atoms with Crippen LogP contribution in [0.5, 0.6) is 5.75 Å². The number of piperidine rings is 1. The Morgan fingerprint density at radius 2 is 2.14 bits per heavy atom. The van der Waals surface area contributed by atoms with Crippen molar-refractivity contribution in [2.75, 3.05) is 14.2 Å². The van der Waals surface area contributed by atoms with Gasteiger partial charge in [0.25, 0.3) is 0 Å². The molecule has 5 rings (SSSR count). The van der Waals surface area contributed by atoms with Crippen LogP contribution in [0.3, 0.4) is 0 Å². The van der Waals surface area contributed by atoms with E-state index in [9.17, 15) is 4.79 Å². The Balaban J connectivity index is 1.46. The van der Waals surface area contributed by atoms with Crippen LogP contribution < -0.4 is 4.74 Å². The summed E-state index contributed by atoms with van der Waals surface area (Å²) in [6, 6.07) is 13.2. The van der Waals surface area contributed by atoms with Gasteiger partial charge in [-0.2, -0.15) is 0 Å². The number of benzene rings is 2. The average molecular weight is 425 g/mol. The molecule has 1 aromatic heterocycles. The number of fused-ring (bicyclic) bond motifs is 4. The third-order valence-electron chi connectivity index (χ3n) is 6.62. The number of aromatic nitrogens is 1. The van der Waals surface area contributed by atoms with Crippen molar-refractivity contribution in [1.29, 1.82) is 0 Å². The van der Waals surface area contributed by atoms with Crippen LogP contribution >= 0.6 is 23.1 Å². The molecule has 0 saturated carbocycles. The number of carbonyl (C=O) groups is 1. The molecule has 3 aromatic rings. The molecule has 1 saturated heterocycles. The summed E-state index contributed by atoms with van der Waals surface area (Å²) in [5, 5.41) is 0. The number of aryl methyl sites for hydroxylation is 1. The van der Waals surface area contributed by atoms with E-state index < -0.39 is 0 Å². The van der Waals surface area contributed by atoms with E-state index in [1.165, 1.54) is 16.0 Å². The molecule has 2 heterocycles. The number of ether oxygens (including phenoxy) is 1. The minimum Gasteiger partial charge on any atom is -0.494 e. The highest BCUT2D eigenvalue weighted by Gasteiger charge is 2.46. The number of nitrogens with zero attached hydrogens (tertiary/aromatic N) is 2.